The van der Waals surface area contributed by atoms with E-state index in [4.69, 9.17) is 9.47 Å². The predicted octanol–water partition coefficient (Wildman–Crippen LogP) is 2.64. The summed E-state index contributed by atoms with van der Waals surface area (Å²) in [5.74, 6) is 2.79. The number of para-hydroxylation sites is 1. The van der Waals surface area contributed by atoms with Crippen molar-refractivity contribution in [2.45, 2.75) is 6.42 Å². The minimum atomic E-state index is 0.825. The number of rotatable bonds is 6. The van der Waals surface area contributed by atoms with Gasteiger partial charge >= 0.3 is 0 Å². The van der Waals surface area contributed by atoms with E-state index in [9.17, 15) is 0 Å². The molecule has 0 amide bonds. The molecule has 28 heavy (non-hydrogen) atoms. The first-order chi connectivity index (χ1) is 13.7. The van der Waals surface area contributed by atoms with Gasteiger partial charge in [-0.1, -0.05) is 18.2 Å². The lowest BCUT2D eigenvalue weighted by Crippen LogP contribution is -2.52. The van der Waals surface area contributed by atoms with E-state index < -0.39 is 0 Å². The van der Waals surface area contributed by atoms with Crippen LogP contribution in [0.5, 0.6) is 11.5 Å². The third-order valence-corrected chi connectivity index (χ3v) is 5.10. The molecule has 6 nitrogen and oxygen atoms in total. The normalized spacial score (nSPS) is 14.8. The van der Waals surface area contributed by atoms with Gasteiger partial charge in [-0.25, -0.2) is 0 Å². The monoisotopic (exact) mass is 382 g/mol. The number of methoxy groups -OCH3 is 2. The largest absolute Gasteiger partial charge is 0.497 e. The van der Waals surface area contributed by atoms with Crippen LogP contribution in [0.15, 0.2) is 53.5 Å². The number of ether oxygens (including phenoxy) is 2. The Morgan fingerprint density at radius 1 is 0.964 bits per heavy atom. The fraction of sp³-hybridized carbons (Fsp3) is 0.409. The van der Waals surface area contributed by atoms with Gasteiger partial charge in [-0.05, 0) is 42.3 Å². The fourth-order valence-electron chi connectivity index (χ4n) is 3.52. The number of benzene rings is 2. The summed E-state index contributed by atoms with van der Waals surface area (Å²) in [4.78, 5) is 9.19. The van der Waals surface area contributed by atoms with Crippen molar-refractivity contribution in [1.29, 1.82) is 0 Å². The van der Waals surface area contributed by atoms with Crippen molar-refractivity contribution in [1.82, 2.24) is 10.2 Å². The average Bonchev–Trinajstić information content (AvgIpc) is 2.77. The van der Waals surface area contributed by atoms with Crippen LogP contribution in [0.1, 0.15) is 5.56 Å². The minimum Gasteiger partial charge on any atom is -0.497 e. The molecule has 0 saturated carbocycles. The van der Waals surface area contributed by atoms with Crippen molar-refractivity contribution in [2.24, 2.45) is 4.99 Å². The average molecular weight is 383 g/mol. The molecule has 0 atom stereocenters. The first-order valence-corrected chi connectivity index (χ1v) is 9.71. The van der Waals surface area contributed by atoms with Gasteiger partial charge in [0.2, 0.25) is 0 Å². The third-order valence-electron chi connectivity index (χ3n) is 5.10. The van der Waals surface area contributed by atoms with Gasteiger partial charge in [0.15, 0.2) is 5.96 Å². The summed E-state index contributed by atoms with van der Waals surface area (Å²) in [6.45, 7) is 4.66. The highest BCUT2D eigenvalue weighted by Gasteiger charge is 2.19. The minimum absolute atomic E-state index is 0.825. The summed E-state index contributed by atoms with van der Waals surface area (Å²) in [7, 11) is 5.26. The maximum absolute atomic E-state index is 5.43. The third kappa shape index (κ3) is 4.88. The van der Waals surface area contributed by atoms with Crippen LogP contribution >= 0.6 is 0 Å². The first-order valence-electron chi connectivity index (χ1n) is 9.71. The summed E-state index contributed by atoms with van der Waals surface area (Å²) in [5.41, 5.74) is 2.44. The Labute approximate surface area is 167 Å². The van der Waals surface area contributed by atoms with Crippen molar-refractivity contribution < 1.29 is 9.47 Å². The summed E-state index contributed by atoms with van der Waals surface area (Å²) < 4.78 is 10.7. The van der Waals surface area contributed by atoms with E-state index in [1.54, 1.807) is 14.2 Å². The van der Waals surface area contributed by atoms with Gasteiger partial charge in [-0.15, -0.1) is 0 Å². The molecule has 6 heteroatoms. The second kappa shape index (κ2) is 9.88. The van der Waals surface area contributed by atoms with Gasteiger partial charge in [0.05, 0.1) is 14.2 Å². The van der Waals surface area contributed by atoms with Crippen molar-refractivity contribution in [3.63, 3.8) is 0 Å². The number of hydrogen-bond acceptors (Lipinski definition) is 4. The lowest BCUT2D eigenvalue weighted by Gasteiger charge is -2.37. The second-order valence-corrected chi connectivity index (χ2v) is 6.71. The highest BCUT2D eigenvalue weighted by atomic mass is 16.5. The topological polar surface area (TPSA) is 49.3 Å². The zero-order chi connectivity index (χ0) is 19.8. The summed E-state index contributed by atoms with van der Waals surface area (Å²) in [6.07, 6.45) is 0.898. The van der Waals surface area contributed by atoms with E-state index in [-0.39, 0.29) is 0 Å². The highest BCUT2D eigenvalue weighted by Crippen LogP contribution is 2.20. The molecule has 1 aliphatic heterocycles. The van der Waals surface area contributed by atoms with E-state index in [1.807, 2.05) is 37.4 Å². The lowest BCUT2D eigenvalue weighted by atomic mass is 10.1. The standard InChI is InChI=1S/C22H30N4O2/c1-23-22(24-13-12-18-6-4-5-7-21(18)28-3)26-16-14-25(15-17-26)19-8-10-20(27-2)11-9-19/h4-11H,12-17H2,1-3H3,(H,23,24). The molecule has 0 aromatic heterocycles. The number of anilines is 1. The van der Waals surface area contributed by atoms with Crippen molar-refractivity contribution in [2.75, 3.05) is 58.9 Å². The number of hydrogen-bond donors (Lipinski definition) is 1. The molecular formula is C22H30N4O2. The van der Waals surface area contributed by atoms with Crippen LogP contribution in [-0.2, 0) is 6.42 Å². The molecule has 150 valence electrons. The zero-order valence-corrected chi connectivity index (χ0v) is 17.0. The van der Waals surface area contributed by atoms with Crippen molar-refractivity contribution in [3.05, 3.63) is 54.1 Å². The number of aliphatic imine (C=N–C) groups is 1. The van der Waals surface area contributed by atoms with Crippen LogP contribution in [0.4, 0.5) is 5.69 Å². The summed E-state index contributed by atoms with van der Waals surface area (Å²) in [5, 5.41) is 3.49. The molecule has 0 bridgehead atoms. The van der Waals surface area contributed by atoms with E-state index in [0.717, 1.165) is 56.6 Å². The molecule has 0 radical (unpaired) electrons. The van der Waals surface area contributed by atoms with Crippen LogP contribution in [0.25, 0.3) is 0 Å². The molecule has 1 saturated heterocycles. The fourth-order valence-corrected chi connectivity index (χ4v) is 3.52. The second-order valence-electron chi connectivity index (χ2n) is 6.71. The van der Waals surface area contributed by atoms with Gasteiger partial charge in [-0.2, -0.15) is 0 Å². The molecule has 1 N–H and O–H groups in total. The number of guanidine groups is 1. The molecule has 0 aliphatic carbocycles. The highest BCUT2D eigenvalue weighted by molar-refractivity contribution is 5.80. The molecule has 0 unspecified atom stereocenters. The first kappa shape index (κ1) is 19.9. The number of nitrogens with one attached hydrogen (secondary N) is 1. The van der Waals surface area contributed by atoms with E-state index in [0.29, 0.717) is 0 Å². The van der Waals surface area contributed by atoms with Crippen LogP contribution < -0.4 is 19.7 Å². The van der Waals surface area contributed by atoms with Gasteiger partial charge in [0, 0.05) is 45.5 Å². The Morgan fingerprint density at radius 3 is 2.32 bits per heavy atom. The Hall–Kier alpha value is -2.89. The maximum atomic E-state index is 5.43. The Kier molecular flexibility index (Phi) is 7.00. The van der Waals surface area contributed by atoms with Crippen molar-refractivity contribution >= 4 is 11.6 Å². The van der Waals surface area contributed by atoms with Gasteiger partial charge < -0.3 is 24.6 Å². The molecule has 3 rings (SSSR count). The Bertz CT molecular complexity index is 768. The van der Waals surface area contributed by atoms with Crippen LogP contribution in [-0.4, -0.2) is 64.9 Å². The zero-order valence-electron chi connectivity index (χ0n) is 17.0. The maximum Gasteiger partial charge on any atom is 0.193 e. The Morgan fingerprint density at radius 2 is 1.68 bits per heavy atom. The van der Waals surface area contributed by atoms with Crippen LogP contribution in [0.2, 0.25) is 0 Å². The van der Waals surface area contributed by atoms with Crippen LogP contribution in [0.3, 0.4) is 0 Å². The lowest BCUT2D eigenvalue weighted by molar-refractivity contribution is 0.372. The molecule has 0 spiro atoms. The molecule has 1 aliphatic rings. The molecular weight excluding hydrogens is 352 g/mol. The molecule has 2 aromatic rings. The van der Waals surface area contributed by atoms with Gasteiger partial charge in [-0.3, -0.25) is 4.99 Å². The quantitative estimate of drug-likeness (QED) is 0.615. The Balaban J connectivity index is 1.49. The van der Waals surface area contributed by atoms with Gasteiger partial charge in [0.1, 0.15) is 11.5 Å². The van der Waals surface area contributed by atoms with E-state index >= 15 is 0 Å². The van der Waals surface area contributed by atoms with E-state index in [1.165, 1.54) is 11.3 Å². The van der Waals surface area contributed by atoms with Crippen LogP contribution in [0, 0.1) is 0 Å². The molecule has 1 fully saturated rings. The van der Waals surface area contributed by atoms with E-state index in [2.05, 4.69) is 38.3 Å². The number of piperazine rings is 1. The summed E-state index contributed by atoms with van der Waals surface area (Å²) in [6, 6.07) is 16.4. The SMILES string of the molecule is CN=C(NCCc1ccccc1OC)N1CCN(c2ccc(OC)cc2)CC1. The number of nitrogens with zero attached hydrogens (tertiary/aromatic N) is 3. The predicted molar refractivity (Wildman–Crippen MR) is 115 cm³/mol. The van der Waals surface area contributed by atoms with Crippen molar-refractivity contribution in [3.8, 4) is 11.5 Å². The molecule has 2 aromatic carbocycles. The van der Waals surface area contributed by atoms with Gasteiger partial charge in [0.25, 0.3) is 0 Å². The smallest absolute Gasteiger partial charge is 0.193 e. The molecule has 1 heterocycles. The summed E-state index contributed by atoms with van der Waals surface area (Å²) >= 11 is 0.